The number of likely N-dealkylation sites (N-methyl/N-ethyl adjacent to an activating group) is 2. The fourth-order valence-corrected chi connectivity index (χ4v) is 2.43. The molecule has 2 aliphatic heterocycles. The fourth-order valence-electron chi connectivity index (χ4n) is 2.43. The van der Waals surface area contributed by atoms with Crippen LogP contribution >= 0.6 is 0 Å². The van der Waals surface area contributed by atoms with Crippen LogP contribution in [0.4, 0.5) is 0 Å². The van der Waals surface area contributed by atoms with E-state index in [1.54, 1.807) is 0 Å². The molecule has 0 N–H and O–H groups in total. The van der Waals surface area contributed by atoms with Crippen LogP contribution in [0.1, 0.15) is 27.7 Å². The molecular weight excluding hydrogens is 248 g/mol. The SMILES string of the molecule is CC.CC.CN1CCN(CCN2CCN(C)CC2)CC1. The van der Waals surface area contributed by atoms with Crippen molar-refractivity contribution >= 4 is 0 Å². The molecule has 0 spiro atoms. The monoisotopic (exact) mass is 286 g/mol. The number of hydrogen-bond acceptors (Lipinski definition) is 4. The molecule has 2 fully saturated rings. The van der Waals surface area contributed by atoms with E-state index in [0.29, 0.717) is 0 Å². The van der Waals surface area contributed by atoms with E-state index in [-0.39, 0.29) is 0 Å². The summed E-state index contributed by atoms with van der Waals surface area (Å²) in [6.07, 6.45) is 0. The number of nitrogens with zero attached hydrogens (tertiary/aromatic N) is 4. The van der Waals surface area contributed by atoms with Gasteiger partial charge in [0.15, 0.2) is 0 Å². The Kier molecular flexibility index (Phi) is 12.5. The molecule has 0 unspecified atom stereocenters. The summed E-state index contributed by atoms with van der Waals surface area (Å²) in [4.78, 5) is 10.1. The molecule has 2 heterocycles. The van der Waals surface area contributed by atoms with Crippen LogP contribution in [0.3, 0.4) is 0 Å². The molecule has 0 atom stereocenters. The lowest BCUT2D eigenvalue weighted by Crippen LogP contribution is -2.50. The standard InChI is InChI=1S/C12H26N4.2C2H6/c1-13-3-7-15(8-4-13)11-12-16-9-5-14(2)6-10-16;2*1-2/h3-12H2,1-2H3;2*1-2H3. The summed E-state index contributed by atoms with van der Waals surface area (Å²) in [7, 11) is 4.44. The normalized spacial score (nSPS) is 22.5. The Balaban J connectivity index is 0.000000829. The van der Waals surface area contributed by atoms with E-state index >= 15 is 0 Å². The summed E-state index contributed by atoms with van der Waals surface area (Å²) in [6.45, 7) is 20.5. The van der Waals surface area contributed by atoms with Crippen LogP contribution in [0.5, 0.6) is 0 Å². The van der Waals surface area contributed by atoms with Gasteiger partial charge >= 0.3 is 0 Å². The molecule has 122 valence electrons. The van der Waals surface area contributed by atoms with Gasteiger partial charge in [0.2, 0.25) is 0 Å². The van der Waals surface area contributed by atoms with Crippen LogP contribution in [0.25, 0.3) is 0 Å². The average Bonchev–Trinajstić information content (AvgIpc) is 2.52. The van der Waals surface area contributed by atoms with Gasteiger partial charge in [-0.25, -0.2) is 0 Å². The number of rotatable bonds is 3. The van der Waals surface area contributed by atoms with Gasteiger partial charge < -0.3 is 9.80 Å². The summed E-state index contributed by atoms with van der Waals surface area (Å²) in [5.74, 6) is 0. The molecule has 20 heavy (non-hydrogen) atoms. The van der Waals surface area contributed by atoms with Gasteiger partial charge in [0.05, 0.1) is 0 Å². The van der Waals surface area contributed by atoms with Crippen LogP contribution in [0, 0.1) is 0 Å². The van der Waals surface area contributed by atoms with Crippen LogP contribution < -0.4 is 0 Å². The predicted octanol–water partition coefficient (Wildman–Crippen LogP) is 1.53. The molecule has 0 aromatic rings. The zero-order valence-electron chi connectivity index (χ0n) is 14.9. The third-order valence-corrected chi connectivity index (χ3v) is 3.92. The highest BCUT2D eigenvalue weighted by molar-refractivity contribution is 4.73. The Hall–Kier alpha value is -0.160. The highest BCUT2D eigenvalue weighted by Crippen LogP contribution is 2.02. The van der Waals surface area contributed by atoms with Gasteiger partial charge in [0.1, 0.15) is 0 Å². The van der Waals surface area contributed by atoms with Crippen molar-refractivity contribution in [3.05, 3.63) is 0 Å². The van der Waals surface area contributed by atoms with Crippen molar-refractivity contribution in [1.82, 2.24) is 19.6 Å². The molecule has 0 amide bonds. The largest absolute Gasteiger partial charge is 0.304 e. The Morgan fingerprint density at radius 3 is 1.00 bits per heavy atom. The lowest BCUT2D eigenvalue weighted by molar-refractivity contribution is 0.111. The van der Waals surface area contributed by atoms with E-state index in [9.17, 15) is 0 Å². The Morgan fingerprint density at radius 2 is 0.750 bits per heavy atom. The molecule has 0 aliphatic carbocycles. The summed E-state index contributed by atoms with van der Waals surface area (Å²) in [5, 5.41) is 0. The topological polar surface area (TPSA) is 13.0 Å². The molecule has 2 saturated heterocycles. The van der Waals surface area contributed by atoms with Gasteiger partial charge in [-0.1, -0.05) is 27.7 Å². The van der Waals surface area contributed by atoms with Crippen molar-refractivity contribution in [2.75, 3.05) is 79.5 Å². The van der Waals surface area contributed by atoms with E-state index in [1.807, 2.05) is 27.7 Å². The third kappa shape index (κ3) is 8.20. The van der Waals surface area contributed by atoms with Crippen LogP contribution in [0.2, 0.25) is 0 Å². The first-order valence-corrected chi connectivity index (χ1v) is 8.56. The van der Waals surface area contributed by atoms with Crippen molar-refractivity contribution in [3.8, 4) is 0 Å². The van der Waals surface area contributed by atoms with Gasteiger partial charge in [0.25, 0.3) is 0 Å². The van der Waals surface area contributed by atoms with Gasteiger partial charge in [0, 0.05) is 65.4 Å². The second kappa shape index (κ2) is 12.6. The second-order valence-electron chi connectivity index (χ2n) is 5.29. The Morgan fingerprint density at radius 1 is 0.500 bits per heavy atom. The number of piperazine rings is 2. The van der Waals surface area contributed by atoms with Gasteiger partial charge in [-0.05, 0) is 14.1 Å². The van der Waals surface area contributed by atoms with Crippen molar-refractivity contribution in [2.45, 2.75) is 27.7 Å². The van der Waals surface area contributed by atoms with Crippen molar-refractivity contribution in [2.24, 2.45) is 0 Å². The molecule has 4 nitrogen and oxygen atoms in total. The van der Waals surface area contributed by atoms with E-state index in [4.69, 9.17) is 0 Å². The van der Waals surface area contributed by atoms with E-state index in [2.05, 4.69) is 33.7 Å². The first-order chi connectivity index (χ1) is 9.74. The van der Waals surface area contributed by atoms with Crippen LogP contribution in [-0.2, 0) is 0 Å². The molecule has 0 radical (unpaired) electrons. The lowest BCUT2D eigenvalue weighted by atomic mass is 10.3. The molecule has 4 heteroatoms. The smallest absolute Gasteiger partial charge is 0.0110 e. The third-order valence-electron chi connectivity index (χ3n) is 3.92. The summed E-state index contributed by atoms with van der Waals surface area (Å²) in [6, 6.07) is 0. The van der Waals surface area contributed by atoms with E-state index in [0.717, 1.165) is 0 Å². The molecule has 2 rings (SSSR count). The summed E-state index contributed by atoms with van der Waals surface area (Å²) < 4.78 is 0. The molecular formula is C16H38N4. The maximum atomic E-state index is 2.61. The first kappa shape index (κ1) is 19.8. The minimum Gasteiger partial charge on any atom is -0.304 e. The van der Waals surface area contributed by atoms with E-state index in [1.165, 1.54) is 65.4 Å². The fraction of sp³-hybridized carbons (Fsp3) is 1.00. The Labute approximate surface area is 127 Å². The van der Waals surface area contributed by atoms with Gasteiger partial charge in [-0.2, -0.15) is 0 Å². The van der Waals surface area contributed by atoms with Crippen molar-refractivity contribution in [3.63, 3.8) is 0 Å². The summed E-state index contributed by atoms with van der Waals surface area (Å²) in [5.41, 5.74) is 0. The molecule has 0 aromatic heterocycles. The van der Waals surface area contributed by atoms with Gasteiger partial charge in [-0.15, -0.1) is 0 Å². The molecule has 0 bridgehead atoms. The minimum atomic E-state index is 1.24. The van der Waals surface area contributed by atoms with E-state index < -0.39 is 0 Å². The van der Waals surface area contributed by atoms with Crippen molar-refractivity contribution < 1.29 is 0 Å². The highest BCUT2D eigenvalue weighted by Gasteiger charge is 2.17. The maximum absolute atomic E-state index is 2.61. The molecule has 0 aromatic carbocycles. The molecule has 2 aliphatic rings. The zero-order chi connectivity index (χ0) is 15.4. The molecule has 0 saturated carbocycles. The second-order valence-corrected chi connectivity index (χ2v) is 5.29. The van der Waals surface area contributed by atoms with Crippen molar-refractivity contribution in [1.29, 1.82) is 0 Å². The zero-order valence-corrected chi connectivity index (χ0v) is 14.9. The first-order valence-electron chi connectivity index (χ1n) is 8.56. The van der Waals surface area contributed by atoms with Crippen LogP contribution in [-0.4, -0.2) is 99.1 Å². The average molecular weight is 287 g/mol. The van der Waals surface area contributed by atoms with Gasteiger partial charge in [-0.3, -0.25) is 9.80 Å². The Bertz CT molecular complexity index is 173. The minimum absolute atomic E-state index is 1.24. The van der Waals surface area contributed by atoms with Crippen LogP contribution in [0.15, 0.2) is 0 Å². The quantitative estimate of drug-likeness (QED) is 0.780. The highest BCUT2D eigenvalue weighted by atomic mass is 15.3. The maximum Gasteiger partial charge on any atom is 0.0110 e. The number of hydrogen-bond donors (Lipinski definition) is 0. The summed E-state index contributed by atoms with van der Waals surface area (Å²) >= 11 is 0. The lowest BCUT2D eigenvalue weighted by Gasteiger charge is -2.36. The predicted molar refractivity (Wildman–Crippen MR) is 90.6 cm³/mol.